The van der Waals surface area contributed by atoms with Gasteiger partial charge >= 0.3 is 6.09 Å². The summed E-state index contributed by atoms with van der Waals surface area (Å²) >= 11 is 0. The molecule has 0 rings (SSSR count). The van der Waals surface area contributed by atoms with Crippen molar-refractivity contribution < 1.29 is 9.53 Å². The molecule has 0 saturated heterocycles. The van der Waals surface area contributed by atoms with Gasteiger partial charge < -0.3 is 10.1 Å². The van der Waals surface area contributed by atoms with E-state index in [1.165, 1.54) is 0 Å². The van der Waals surface area contributed by atoms with E-state index >= 15 is 0 Å². The summed E-state index contributed by atoms with van der Waals surface area (Å²) in [6, 6.07) is 0.126. The zero-order valence-corrected chi connectivity index (χ0v) is 11.3. The van der Waals surface area contributed by atoms with Crippen LogP contribution >= 0.6 is 0 Å². The van der Waals surface area contributed by atoms with Gasteiger partial charge in [0.25, 0.3) is 0 Å². The minimum Gasteiger partial charge on any atom is -0.444 e. The molecule has 3 heteroatoms. The molecule has 0 aliphatic rings. The first-order valence-corrected chi connectivity index (χ1v) is 6.10. The Bertz CT molecular complexity index is 241. The van der Waals surface area contributed by atoms with Gasteiger partial charge in [-0.2, -0.15) is 0 Å². The number of alkyl carbamates (subject to hydrolysis) is 1. The minimum atomic E-state index is -0.453. The van der Waals surface area contributed by atoms with E-state index in [1.807, 2.05) is 32.9 Å². The summed E-state index contributed by atoms with van der Waals surface area (Å²) in [5.74, 6) is 0. The number of carbonyl (C=O) groups excluding carboxylic acids is 1. The van der Waals surface area contributed by atoms with E-state index in [9.17, 15) is 4.79 Å². The lowest BCUT2D eigenvalue weighted by molar-refractivity contribution is 0.0499. The standard InChI is InChI=1S/C14H25NO2/c1-6-8-10-12(11-9-7-2)15-13(16)17-14(3,4)5/h6-7,12H,1-2,8-11H2,3-5H3,(H,15,16). The van der Waals surface area contributed by atoms with Gasteiger partial charge in [0.2, 0.25) is 0 Å². The van der Waals surface area contributed by atoms with Gasteiger partial charge in [-0.05, 0) is 46.5 Å². The summed E-state index contributed by atoms with van der Waals surface area (Å²) in [6.45, 7) is 12.9. The lowest BCUT2D eigenvalue weighted by Crippen LogP contribution is -2.39. The maximum absolute atomic E-state index is 11.6. The first-order chi connectivity index (χ1) is 7.89. The SMILES string of the molecule is C=CCCC(CCC=C)NC(=O)OC(C)(C)C. The average molecular weight is 239 g/mol. The van der Waals surface area contributed by atoms with Crippen molar-refractivity contribution in [3.05, 3.63) is 25.3 Å². The molecule has 0 unspecified atom stereocenters. The molecule has 3 nitrogen and oxygen atoms in total. The van der Waals surface area contributed by atoms with E-state index in [4.69, 9.17) is 4.74 Å². The van der Waals surface area contributed by atoms with Crippen molar-refractivity contribution in [1.82, 2.24) is 5.32 Å². The van der Waals surface area contributed by atoms with Gasteiger partial charge in [0, 0.05) is 6.04 Å². The Morgan fingerprint density at radius 1 is 1.24 bits per heavy atom. The second-order valence-corrected chi connectivity index (χ2v) is 5.08. The zero-order valence-electron chi connectivity index (χ0n) is 11.3. The van der Waals surface area contributed by atoms with Crippen LogP contribution in [0.2, 0.25) is 0 Å². The molecule has 0 bridgehead atoms. The second-order valence-electron chi connectivity index (χ2n) is 5.08. The van der Waals surface area contributed by atoms with Crippen LogP contribution in [0, 0.1) is 0 Å². The molecule has 0 aromatic heterocycles. The number of amides is 1. The molecule has 0 radical (unpaired) electrons. The highest BCUT2D eigenvalue weighted by Crippen LogP contribution is 2.10. The van der Waals surface area contributed by atoms with Crippen LogP contribution in [0.5, 0.6) is 0 Å². The molecule has 0 heterocycles. The van der Waals surface area contributed by atoms with Crippen LogP contribution in [0.4, 0.5) is 4.79 Å². The van der Waals surface area contributed by atoms with Crippen molar-refractivity contribution in [2.75, 3.05) is 0 Å². The largest absolute Gasteiger partial charge is 0.444 e. The van der Waals surface area contributed by atoms with Gasteiger partial charge in [-0.15, -0.1) is 13.2 Å². The topological polar surface area (TPSA) is 38.3 Å². The van der Waals surface area contributed by atoms with Gasteiger partial charge in [-0.1, -0.05) is 12.2 Å². The van der Waals surface area contributed by atoms with Crippen molar-refractivity contribution >= 4 is 6.09 Å². The summed E-state index contributed by atoms with van der Waals surface area (Å²) < 4.78 is 5.23. The van der Waals surface area contributed by atoms with Gasteiger partial charge in [-0.25, -0.2) is 4.79 Å². The van der Waals surface area contributed by atoms with Crippen LogP contribution < -0.4 is 5.32 Å². The predicted octanol–water partition coefficient (Wildman–Crippen LogP) is 3.81. The maximum Gasteiger partial charge on any atom is 0.407 e. The summed E-state index contributed by atoms with van der Waals surface area (Å²) in [5, 5.41) is 2.89. The quantitative estimate of drug-likeness (QED) is 0.686. The molecular formula is C14H25NO2. The molecule has 0 spiro atoms. The number of ether oxygens (including phenoxy) is 1. The number of rotatable bonds is 7. The smallest absolute Gasteiger partial charge is 0.407 e. The van der Waals surface area contributed by atoms with Crippen LogP contribution in [0.1, 0.15) is 46.5 Å². The average Bonchev–Trinajstić information content (AvgIpc) is 2.19. The molecule has 0 aliphatic heterocycles. The molecule has 0 aromatic rings. The van der Waals surface area contributed by atoms with Crippen LogP contribution in [0.25, 0.3) is 0 Å². The van der Waals surface area contributed by atoms with Crippen LogP contribution in [0.15, 0.2) is 25.3 Å². The molecular weight excluding hydrogens is 214 g/mol. The van der Waals surface area contributed by atoms with E-state index < -0.39 is 5.60 Å². The highest BCUT2D eigenvalue weighted by molar-refractivity contribution is 5.68. The maximum atomic E-state index is 11.6. The van der Waals surface area contributed by atoms with Crippen molar-refractivity contribution in [2.45, 2.75) is 58.1 Å². The summed E-state index contributed by atoms with van der Waals surface area (Å²) in [4.78, 5) is 11.6. The number of nitrogens with one attached hydrogen (secondary N) is 1. The van der Waals surface area contributed by atoms with E-state index in [0.717, 1.165) is 25.7 Å². The minimum absolute atomic E-state index is 0.126. The molecule has 17 heavy (non-hydrogen) atoms. The van der Waals surface area contributed by atoms with E-state index in [1.54, 1.807) is 0 Å². The van der Waals surface area contributed by atoms with Crippen molar-refractivity contribution in [1.29, 1.82) is 0 Å². The summed E-state index contributed by atoms with van der Waals surface area (Å²) in [7, 11) is 0. The number of hydrogen-bond donors (Lipinski definition) is 1. The molecule has 1 N–H and O–H groups in total. The first kappa shape index (κ1) is 15.8. The van der Waals surface area contributed by atoms with Gasteiger partial charge in [-0.3, -0.25) is 0 Å². The lowest BCUT2D eigenvalue weighted by atomic mass is 10.1. The number of hydrogen-bond acceptors (Lipinski definition) is 2. The van der Waals surface area contributed by atoms with Crippen molar-refractivity contribution in [2.24, 2.45) is 0 Å². The molecule has 1 amide bonds. The van der Waals surface area contributed by atoms with Crippen LogP contribution in [-0.4, -0.2) is 17.7 Å². The Kier molecular flexibility index (Phi) is 7.35. The van der Waals surface area contributed by atoms with Crippen LogP contribution in [-0.2, 0) is 4.74 Å². The Balaban J connectivity index is 4.15. The Labute approximate surface area is 105 Å². The Morgan fingerprint density at radius 3 is 2.06 bits per heavy atom. The van der Waals surface area contributed by atoms with E-state index in [-0.39, 0.29) is 12.1 Å². The van der Waals surface area contributed by atoms with Crippen molar-refractivity contribution in [3.8, 4) is 0 Å². The van der Waals surface area contributed by atoms with Crippen molar-refractivity contribution in [3.63, 3.8) is 0 Å². The third kappa shape index (κ3) is 9.67. The monoisotopic (exact) mass is 239 g/mol. The fourth-order valence-corrected chi connectivity index (χ4v) is 1.40. The molecule has 0 aromatic carbocycles. The van der Waals surface area contributed by atoms with E-state index in [2.05, 4.69) is 18.5 Å². The fraction of sp³-hybridized carbons (Fsp3) is 0.643. The third-order valence-corrected chi connectivity index (χ3v) is 2.16. The van der Waals surface area contributed by atoms with Gasteiger partial charge in [0.15, 0.2) is 0 Å². The highest BCUT2D eigenvalue weighted by Gasteiger charge is 2.18. The Hall–Kier alpha value is -1.25. The highest BCUT2D eigenvalue weighted by atomic mass is 16.6. The molecule has 0 fully saturated rings. The second kappa shape index (κ2) is 7.93. The molecule has 0 atom stereocenters. The molecule has 98 valence electrons. The fourth-order valence-electron chi connectivity index (χ4n) is 1.40. The Morgan fingerprint density at radius 2 is 1.71 bits per heavy atom. The van der Waals surface area contributed by atoms with Crippen LogP contribution in [0.3, 0.4) is 0 Å². The summed E-state index contributed by atoms with van der Waals surface area (Å²) in [6.07, 6.45) is 6.91. The zero-order chi connectivity index (χ0) is 13.3. The first-order valence-electron chi connectivity index (χ1n) is 6.10. The normalized spacial score (nSPS) is 11.1. The molecule has 0 aliphatic carbocycles. The van der Waals surface area contributed by atoms with E-state index in [0.29, 0.717) is 0 Å². The lowest BCUT2D eigenvalue weighted by Gasteiger charge is -2.23. The summed E-state index contributed by atoms with van der Waals surface area (Å²) in [5.41, 5.74) is -0.453. The predicted molar refractivity (Wildman–Crippen MR) is 72.0 cm³/mol. The number of allylic oxidation sites excluding steroid dienone is 2. The molecule has 0 saturated carbocycles. The van der Waals surface area contributed by atoms with Gasteiger partial charge in [0.05, 0.1) is 0 Å². The third-order valence-electron chi connectivity index (χ3n) is 2.16. The number of carbonyl (C=O) groups is 1. The van der Waals surface area contributed by atoms with Gasteiger partial charge in [0.1, 0.15) is 5.60 Å².